The maximum Gasteiger partial charge on any atom is 0.00849 e. The second-order valence-corrected chi connectivity index (χ2v) is 5.47. The van der Waals surface area contributed by atoms with Gasteiger partial charge in [0.15, 0.2) is 0 Å². The molecule has 0 heterocycles. The van der Waals surface area contributed by atoms with Crippen molar-refractivity contribution >= 4 is 0 Å². The summed E-state index contributed by atoms with van der Waals surface area (Å²) in [5.74, 6) is 0. The van der Waals surface area contributed by atoms with Gasteiger partial charge in [0, 0.05) is 18.1 Å². The molecule has 2 nitrogen and oxygen atoms in total. The number of nitrogens with two attached hydrogens (primary N) is 1. The Labute approximate surface area is 105 Å². The fourth-order valence-corrected chi connectivity index (χ4v) is 2.80. The number of nitrogens with one attached hydrogen (secondary N) is 1. The summed E-state index contributed by atoms with van der Waals surface area (Å²) in [7, 11) is 0. The number of rotatable bonds is 4. The summed E-state index contributed by atoms with van der Waals surface area (Å²) in [5, 5.41) is 3.70. The van der Waals surface area contributed by atoms with Crippen molar-refractivity contribution in [3.05, 3.63) is 35.4 Å². The Hall–Kier alpha value is -0.860. The Bertz CT molecular complexity index is 362. The van der Waals surface area contributed by atoms with Gasteiger partial charge < -0.3 is 11.1 Å². The molecule has 1 aliphatic rings. The highest BCUT2D eigenvalue weighted by Gasteiger charge is 2.22. The molecule has 1 aliphatic carbocycles. The first-order valence-corrected chi connectivity index (χ1v) is 6.71. The molecule has 0 saturated heterocycles. The lowest BCUT2D eigenvalue weighted by atomic mass is 10.0. The van der Waals surface area contributed by atoms with Crippen molar-refractivity contribution < 1.29 is 0 Å². The van der Waals surface area contributed by atoms with E-state index in [9.17, 15) is 0 Å². The second kappa shape index (κ2) is 5.65. The van der Waals surface area contributed by atoms with Crippen molar-refractivity contribution in [2.75, 3.05) is 0 Å². The maximum atomic E-state index is 5.94. The predicted octanol–water partition coefficient (Wildman–Crippen LogP) is 2.40. The summed E-state index contributed by atoms with van der Waals surface area (Å²) in [5.41, 5.74) is 8.78. The lowest BCUT2D eigenvalue weighted by Gasteiger charge is -2.20. The van der Waals surface area contributed by atoms with E-state index >= 15 is 0 Å². The first kappa shape index (κ1) is 12.6. The third kappa shape index (κ3) is 3.55. The van der Waals surface area contributed by atoms with E-state index in [1.807, 2.05) is 0 Å². The summed E-state index contributed by atoms with van der Waals surface area (Å²) >= 11 is 0. The largest absolute Gasteiger partial charge is 0.328 e. The topological polar surface area (TPSA) is 38.0 Å². The third-order valence-corrected chi connectivity index (χ3v) is 3.78. The van der Waals surface area contributed by atoms with E-state index in [2.05, 4.69) is 43.4 Å². The van der Waals surface area contributed by atoms with Gasteiger partial charge in [0.05, 0.1) is 0 Å². The van der Waals surface area contributed by atoms with Gasteiger partial charge in [-0.15, -0.1) is 0 Å². The molecule has 1 fully saturated rings. The summed E-state index contributed by atoms with van der Waals surface area (Å²) in [6, 6.07) is 10.2. The van der Waals surface area contributed by atoms with Crippen LogP contribution in [0.4, 0.5) is 0 Å². The molecule has 1 aromatic rings. The first-order valence-electron chi connectivity index (χ1n) is 6.71. The maximum absolute atomic E-state index is 5.94. The van der Waals surface area contributed by atoms with Gasteiger partial charge in [0.1, 0.15) is 0 Å². The normalized spacial score (nSPS) is 26.1. The van der Waals surface area contributed by atoms with Crippen LogP contribution in [-0.2, 0) is 6.42 Å². The molecule has 3 N–H and O–H groups in total. The Morgan fingerprint density at radius 1 is 1.35 bits per heavy atom. The van der Waals surface area contributed by atoms with Crippen LogP contribution in [0.15, 0.2) is 24.3 Å². The van der Waals surface area contributed by atoms with Gasteiger partial charge in [-0.1, -0.05) is 24.3 Å². The van der Waals surface area contributed by atoms with Gasteiger partial charge in [-0.05, 0) is 50.7 Å². The van der Waals surface area contributed by atoms with Crippen molar-refractivity contribution in [1.82, 2.24) is 5.32 Å². The molecule has 0 aliphatic heterocycles. The molecule has 94 valence electrons. The highest BCUT2D eigenvalue weighted by atomic mass is 15.0. The van der Waals surface area contributed by atoms with Crippen LogP contribution in [-0.4, -0.2) is 18.1 Å². The van der Waals surface area contributed by atoms with Crippen LogP contribution in [0.1, 0.15) is 37.3 Å². The molecule has 2 rings (SSSR count). The smallest absolute Gasteiger partial charge is 0.00849 e. The second-order valence-electron chi connectivity index (χ2n) is 5.47. The standard InChI is InChI=1S/C15H24N2/c1-11-5-3-4-6-13(11)9-12(2)17-15-8-7-14(16)10-15/h3-6,12,14-15,17H,7-10,16H2,1-2H3. The van der Waals surface area contributed by atoms with Gasteiger partial charge in [-0.2, -0.15) is 0 Å². The molecule has 1 saturated carbocycles. The molecule has 0 bridgehead atoms. The first-order chi connectivity index (χ1) is 8.15. The van der Waals surface area contributed by atoms with E-state index < -0.39 is 0 Å². The van der Waals surface area contributed by atoms with Crippen molar-refractivity contribution in [2.24, 2.45) is 5.73 Å². The molecule has 0 radical (unpaired) electrons. The number of hydrogen-bond acceptors (Lipinski definition) is 2. The average Bonchev–Trinajstić information content (AvgIpc) is 2.67. The molecular formula is C15H24N2. The zero-order valence-corrected chi connectivity index (χ0v) is 10.9. The van der Waals surface area contributed by atoms with E-state index in [1.54, 1.807) is 0 Å². The quantitative estimate of drug-likeness (QED) is 0.836. The van der Waals surface area contributed by atoms with E-state index in [4.69, 9.17) is 5.73 Å². The summed E-state index contributed by atoms with van der Waals surface area (Å²) < 4.78 is 0. The summed E-state index contributed by atoms with van der Waals surface area (Å²) in [6.45, 7) is 4.46. The van der Waals surface area contributed by atoms with Gasteiger partial charge in [-0.3, -0.25) is 0 Å². The minimum Gasteiger partial charge on any atom is -0.328 e. The molecule has 3 unspecified atom stereocenters. The fraction of sp³-hybridized carbons (Fsp3) is 0.600. The van der Waals surface area contributed by atoms with Crippen LogP contribution in [0.2, 0.25) is 0 Å². The van der Waals surface area contributed by atoms with E-state index in [1.165, 1.54) is 24.0 Å². The minimum atomic E-state index is 0.415. The highest BCUT2D eigenvalue weighted by Crippen LogP contribution is 2.18. The summed E-state index contributed by atoms with van der Waals surface area (Å²) in [4.78, 5) is 0. The van der Waals surface area contributed by atoms with Crippen molar-refractivity contribution in [2.45, 2.75) is 57.7 Å². The summed E-state index contributed by atoms with van der Waals surface area (Å²) in [6.07, 6.45) is 4.66. The minimum absolute atomic E-state index is 0.415. The Balaban J connectivity index is 1.85. The molecule has 3 atom stereocenters. The molecule has 0 amide bonds. The monoisotopic (exact) mass is 232 g/mol. The zero-order valence-electron chi connectivity index (χ0n) is 10.9. The Morgan fingerprint density at radius 3 is 2.76 bits per heavy atom. The van der Waals surface area contributed by atoms with Crippen LogP contribution in [0.25, 0.3) is 0 Å². The Kier molecular flexibility index (Phi) is 4.19. The highest BCUT2D eigenvalue weighted by molar-refractivity contribution is 5.26. The number of aryl methyl sites for hydroxylation is 1. The predicted molar refractivity (Wildman–Crippen MR) is 73.1 cm³/mol. The lowest BCUT2D eigenvalue weighted by Crippen LogP contribution is -2.37. The molecule has 2 heteroatoms. The van der Waals surface area contributed by atoms with Gasteiger partial charge in [0.2, 0.25) is 0 Å². The SMILES string of the molecule is Cc1ccccc1CC(C)NC1CCC(N)C1. The van der Waals surface area contributed by atoms with E-state index in [-0.39, 0.29) is 0 Å². The van der Waals surface area contributed by atoms with Gasteiger partial charge in [-0.25, -0.2) is 0 Å². The molecule has 0 spiro atoms. The Morgan fingerprint density at radius 2 is 2.12 bits per heavy atom. The number of benzene rings is 1. The van der Waals surface area contributed by atoms with E-state index in [0.717, 1.165) is 12.8 Å². The zero-order chi connectivity index (χ0) is 12.3. The van der Waals surface area contributed by atoms with Crippen LogP contribution >= 0.6 is 0 Å². The van der Waals surface area contributed by atoms with Crippen molar-refractivity contribution in [3.8, 4) is 0 Å². The molecule has 1 aromatic carbocycles. The lowest BCUT2D eigenvalue weighted by molar-refractivity contribution is 0.444. The average molecular weight is 232 g/mol. The van der Waals surface area contributed by atoms with Crippen LogP contribution in [0.5, 0.6) is 0 Å². The van der Waals surface area contributed by atoms with Crippen molar-refractivity contribution in [1.29, 1.82) is 0 Å². The number of hydrogen-bond donors (Lipinski definition) is 2. The van der Waals surface area contributed by atoms with E-state index in [0.29, 0.717) is 18.1 Å². The van der Waals surface area contributed by atoms with Crippen LogP contribution in [0, 0.1) is 6.92 Å². The van der Waals surface area contributed by atoms with Crippen LogP contribution in [0.3, 0.4) is 0 Å². The molecule has 0 aromatic heterocycles. The third-order valence-electron chi connectivity index (χ3n) is 3.78. The molecule has 17 heavy (non-hydrogen) atoms. The fourth-order valence-electron chi connectivity index (χ4n) is 2.80. The molecular weight excluding hydrogens is 208 g/mol. The van der Waals surface area contributed by atoms with Crippen LogP contribution < -0.4 is 11.1 Å². The van der Waals surface area contributed by atoms with Gasteiger partial charge >= 0.3 is 0 Å². The van der Waals surface area contributed by atoms with Crippen molar-refractivity contribution in [3.63, 3.8) is 0 Å². The van der Waals surface area contributed by atoms with Gasteiger partial charge in [0.25, 0.3) is 0 Å².